The number of furan rings is 1. The maximum Gasteiger partial charge on any atom is 0.266 e. The molecule has 0 radical (unpaired) electrons. The van der Waals surface area contributed by atoms with Crippen molar-refractivity contribution in [1.29, 1.82) is 5.26 Å². The third kappa shape index (κ3) is 4.80. The molecule has 10 heteroatoms. The Morgan fingerprint density at radius 2 is 2.03 bits per heavy atom. The van der Waals surface area contributed by atoms with E-state index in [-0.39, 0.29) is 10.5 Å². The highest BCUT2D eigenvalue weighted by atomic mass is 32.2. The molecule has 2 aromatic heterocycles. The van der Waals surface area contributed by atoms with Gasteiger partial charge in [0.25, 0.3) is 5.91 Å². The molecule has 1 fully saturated rings. The van der Waals surface area contributed by atoms with Gasteiger partial charge in [-0.1, -0.05) is 12.5 Å². The van der Waals surface area contributed by atoms with Gasteiger partial charge < -0.3 is 9.73 Å². The highest BCUT2D eigenvalue weighted by Gasteiger charge is 2.26. The quantitative estimate of drug-likeness (QED) is 0.430. The average Bonchev–Trinajstić information content (AvgIpc) is 3.50. The first kappa shape index (κ1) is 22.0. The molecule has 1 N–H and O–H groups in total. The Balaban J connectivity index is 1.51. The topological polar surface area (TPSA) is 116 Å². The van der Waals surface area contributed by atoms with Crippen LogP contribution in [0, 0.1) is 11.3 Å². The molecule has 1 saturated heterocycles. The smallest absolute Gasteiger partial charge is 0.266 e. The first-order chi connectivity index (χ1) is 15.5. The first-order valence-corrected chi connectivity index (χ1v) is 12.3. The van der Waals surface area contributed by atoms with E-state index in [1.165, 1.54) is 33.9 Å². The van der Waals surface area contributed by atoms with E-state index in [0.29, 0.717) is 35.2 Å². The lowest BCUT2D eigenvalue weighted by molar-refractivity contribution is -0.112. The summed E-state index contributed by atoms with van der Waals surface area (Å²) >= 11 is 1.33. The van der Waals surface area contributed by atoms with E-state index in [1.807, 2.05) is 6.07 Å². The number of benzene rings is 1. The summed E-state index contributed by atoms with van der Waals surface area (Å²) in [7, 11) is -3.63. The van der Waals surface area contributed by atoms with Crippen LogP contribution >= 0.6 is 11.3 Å². The monoisotopic (exact) mass is 468 g/mol. The number of hydrogen-bond acceptors (Lipinski definition) is 7. The third-order valence-electron chi connectivity index (χ3n) is 4.96. The number of anilines is 1. The molecule has 1 aliphatic heterocycles. The molecule has 1 amide bonds. The Hall–Kier alpha value is -3.26. The number of carbonyl (C=O) groups is 1. The number of hydrogen-bond donors (Lipinski definition) is 1. The van der Waals surface area contributed by atoms with Gasteiger partial charge >= 0.3 is 0 Å². The molecule has 8 nitrogen and oxygen atoms in total. The predicted octanol–water partition coefficient (Wildman–Crippen LogP) is 4.12. The van der Waals surface area contributed by atoms with E-state index in [4.69, 9.17) is 4.42 Å². The molecular weight excluding hydrogens is 448 g/mol. The summed E-state index contributed by atoms with van der Waals surface area (Å²) in [6, 6.07) is 11.5. The third-order valence-corrected chi connectivity index (χ3v) is 7.73. The Morgan fingerprint density at radius 1 is 1.22 bits per heavy atom. The Morgan fingerprint density at radius 3 is 2.75 bits per heavy atom. The van der Waals surface area contributed by atoms with Gasteiger partial charge in [0.2, 0.25) is 10.0 Å². The Bertz CT molecular complexity index is 1280. The molecule has 164 valence electrons. The lowest BCUT2D eigenvalue weighted by atomic mass is 10.2. The molecule has 3 heterocycles. The van der Waals surface area contributed by atoms with Crippen molar-refractivity contribution in [2.75, 3.05) is 18.4 Å². The Kier molecular flexibility index (Phi) is 6.50. The molecule has 0 aliphatic carbocycles. The lowest BCUT2D eigenvalue weighted by Gasteiger charge is -2.26. The SMILES string of the molecule is N#C/C(=C\c1csc(-c2ccco2)n1)C(=O)Nc1cccc(S(=O)(=O)N2CCCCC2)c1. The van der Waals surface area contributed by atoms with Crippen LogP contribution in [0.25, 0.3) is 16.8 Å². The van der Waals surface area contributed by atoms with Gasteiger partial charge in [0.1, 0.15) is 11.6 Å². The number of nitriles is 1. The fraction of sp³-hybridized carbons (Fsp3) is 0.227. The summed E-state index contributed by atoms with van der Waals surface area (Å²) < 4.78 is 32.6. The van der Waals surface area contributed by atoms with E-state index < -0.39 is 15.9 Å². The zero-order valence-electron chi connectivity index (χ0n) is 17.0. The van der Waals surface area contributed by atoms with Gasteiger partial charge in [0.15, 0.2) is 10.8 Å². The van der Waals surface area contributed by atoms with E-state index in [0.717, 1.165) is 19.3 Å². The van der Waals surface area contributed by atoms with Crippen LogP contribution in [0.5, 0.6) is 0 Å². The molecule has 3 aromatic rings. The minimum absolute atomic E-state index is 0.113. The van der Waals surface area contributed by atoms with Crippen LogP contribution in [0.3, 0.4) is 0 Å². The van der Waals surface area contributed by atoms with Gasteiger partial charge in [-0.2, -0.15) is 9.57 Å². The largest absolute Gasteiger partial charge is 0.462 e. The van der Waals surface area contributed by atoms with Gasteiger partial charge in [-0.15, -0.1) is 11.3 Å². The summed E-state index contributed by atoms with van der Waals surface area (Å²) in [6.45, 7) is 0.988. The van der Waals surface area contributed by atoms with Gasteiger partial charge in [0, 0.05) is 24.2 Å². The molecule has 0 spiro atoms. The zero-order chi connectivity index (χ0) is 22.6. The van der Waals surface area contributed by atoms with Crippen LogP contribution in [-0.4, -0.2) is 36.7 Å². The van der Waals surface area contributed by atoms with Gasteiger partial charge in [0.05, 0.1) is 16.9 Å². The van der Waals surface area contributed by atoms with Crippen molar-refractivity contribution in [2.45, 2.75) is 24.2 Å². The fourth-order valence-corrected chi connectivity index (χ4v) is 5.66. The summed E-state index contributed by atoms with van der Waals surface area (Å²) in [5.74, 6) is -0.0445. The zero-order valence-corrected chi connectivity index (χ0v) is 18.7. The molecule has 1 aliphatic rings. The second-order valence-corrected chi connectivity index (χ2v) is 9.97. The minimum atomic E-state index is -3.63. The fourth-order valence-electron chi connectivity index (χ4n) is 3.35. The molecule has 1 aromatic carbocycles. The number of aromatic nitrogens is 1. The summed E-state index contributed by atoms with van der Waals surface area (Å²) in [5, 5.41) is 14.4. The number of nitrogens with one attached hydrogen (secondary N) is 1. The second-order valence-electron chi connectivity index (χ2n) is 7.17. The standard InChI is InChI=1S/C22H20N4O4S2/c23-14-16(12-18-15-31-22(25-18)20-8-5-11-30-20)21(27)24-17-6-4-7-19(13-17)32(28,29)26-9-2-1-3-10-26/h4-8,11-13,15H,1-3,9-10H2,(H,24,27)/b16-12+. The molecular formula is C22H20N4O4S2. The Labute approximate surface area is 189 Å². The van der Waals surface area contributed by atoms with Crippen LogP contribution < -0.4 is 5.32 Å². The lowest BCUT2D eigenvalue weighted by Crippen LogP contribution is -2.35. The van der Waals surface area contributed by atoms with Crippen LogP contribution in [0.15, 0.2) is 62.9 Å². The normalized spacial score (nSPS) is 15.3. The summed E-state index contributed by atoms with van der Waals surface area (Å²) in [6.07, 6.45) is 5.62. The number of nitrogens with zero attached hydrogens (tertiary/aromatic N) is 3. The summed E-state index contributed by atoms with van der Waals surface area (Å²) in [4.78, 5) is 17.1. The average molecular weight is 469 g/mol. The molecule has 0 bridgehead atoms. The van der Waals surface area contributed by atoms with E-state index >= 15 is 0 Å². The number of carbonyl (C=O) groups excluding carboxylic acids is 1. The predicted molar refractivity (Wildman–Crippen MR) is 121 cm³/mol. The van der Waals surface area contributed by atoms with E-state index in [1.54, 1.807) is 35.9 Å². The van der Waals surface area contributed by atoms with Crippen molar-refractivity contribution in [1.82, 2.24) is 9.29 Å². The van der Waals surface area contributed by atoms with Crippen molar-refractivity contribution >= 4 is 39.0 Å². The maximum atomic E-state index is 12.9. The van der Waals surface area contributed by atoms with Gasteiger partial charge in [-0.05, 0) is 49.2 Å². The molecule has 4 rings (SSSR count). The number of piperidine rings is 1. The van der Waals surface area contributed by atoms with E-state index in [9.17, 15) is 18.5 Å². The van der Waals surface area contributed by atoms with E-state index in [2.05, 4.69) is 10.3 Å². The van der Waals surface area contributed by atoms with Gasteiger partial charge in [-0.3, -0.25) is 4.79 Å². The van der Waals surface area contributed by atoms with Crippen LogP contribution in [0.1, 0.15) is 25.0 Å². The summed E-state index contributed by atoms with van der Waals surface area (Å²) in [5.41, 5.74) is 0.601. The van der Waals surface area contributed by atoms with Crippen LogP contribution in [0.4, 0.5) is 5.69 Å². The van der Waals surface area contributed by atoms with Crippen molar-refractivity contribution in [3.05, 3.63) is 59.3 Å². The molecule has 0 saturated carbocycles. The number of sulfonamides is 1. The minimum Gasteiger partial charge on any atom is -0.462 e. The molecule has 0 unspecified atom stereocenters. The number of amides is 1. The maximum absolute atomic E-state index is 12.9. The first-order valence-electron chi connectivity index (χ1n) is 10.00. The second kappa shape index (κ2) is 9.48. The highest BCUT2D eigenvalue weighted by molar-refractivity contribution is 7.89. The number of rotatable bonds is 6. The van der Waals surface area contributed by atoms with Crippen molar-refractivity contribution in [2.24, 2.45) is 0 Å². The highest BCUT2D eigenvalue weighted by Crippen LogP contribution is 2.26. The van der Waals surface area contributed by atoms with Crippen molar-refractivity contribution < 1.29 is 17.6 Å². The van der Waals surface area contributed by atoms with Crippen molar-refractivity contribution in [3.8, 4) is 16.8 Å². The van der Waals surface area contributed by atoms with Crippen molar-refractivity contribution in [3.63, 3.8) is 0 Å². The van der Waals surface area contributed by atoms with Crippen LogP contribution in [0.2, 0.25) is 0 Å². The number of thiazole rings is 1. The van der Waals surface area contributed by atoms with Gasteiger partial charge in [-0.25, -0.2) is 13.4 Å². The molecule has 32 heavy (non-hydrogen) atoms. The molecule has 0 atom stereocenters. The van der Waals surface area contributed by atoms with Crippen LogP contribution in [-0.2, 0) is 14.8 Å².